The Bertz CT molecular complexity index is 1670. The number of likely N-dealkylation sites (N-methyl/N-ethyl adjacent to an activating group) is 1. The molecular weight excluding hydrogens is 510 g/mol. The van der Waals surface area contributed by atoms with E-state index in [9.17, 15) is 4.79 Å². The van der Waals surface area contributed by atoms with Crippen LogP contribution in [0.4, 0.5) is 22.9 Å². The average Bonchev–Trinajstić information content (AvgIpc) is 3.48. The highest BCUT2D eigenvalue weighted by Crippen LogP contribution is 2.31. The molecule has 3 heterocycles. The Morgan fingerprint density at radius 3 is 2.41 bits per heavy atom. The molecule has 6 rings (SSSR count). The van der Waals surface area contributed by atoms with Gasteiger partial charge in [-0.3, -0.25) is 4.79 Å². The number of amides is 1. The summed E-state index contributed by atoms with van der Waals surface area (Å²) in [5.74, 6) is 1.16. The van der Waals surface area contributed by atoms with Gasteiger partial charge in [-0.1, -0.05) is 31.2 Å². The van der Waals surface area contributed by atoms with Crippen molar-refractivity contribution in [1.82, 2.24) is 19.9 Å². The molecule has 0 radical (unpaired) electrons. The maximum atomic E-state index is 13.0. The monoisotopic (exact) mass is 545 g/mol. The Morgan fingerprint density at radius 2 is 1.68 bits per heavy atom. The van der Waals surface area contributed by atoms with E-state index in [1.807, 2.05) is 61.7 Å². The molecule has 0 saturated carbocycles. The first-order valence-corrected chi connectivity index (χ1v) is 14.1. The van der Waals surface area contributed by atoms with Crippen LogP contribution in [-0.4, -0.2) is 59.0 Å². The number of H-pyrrole nitrogens is 1. The van der Waals surface area contributed by atoms with Gasteiger partial charge in [-0.05, 0) is 80.1 Å². The van der Waals surface area contributed by atoms with Gasteiger partial charge in [0, 0.05) is 60.6 Å². The third-order valence-electron chi connectivity index (χ3n) is 7.86. The third kappa shape index (κ3) is 5.64. The summed E-state index contributed by atoms with van der Waals surface area (Å²) >= 11 is 0. The lowest BCUT2D eigenvalue weighted by atomic mass is 10.0. The molecule has 5 aromatic rings. The van der Waals surface area contributed by atoms with Crippen LogP contribution in [0.15, 0.2) is 79.0 Å². The molecule has 0 bridgehead atoms. The quantitative estimate of drug-likeness (QED) is 0.224. The Labute approximate surface area is 240 Å². The van der Waals surface area contributed by atoms with Crippen molar-refractivity contribution in [3.8, 4) is 11.4 Å². The standard InChI is InChI=1S/C33H35N7O/c1-4-23-8-10-24(11-9-23)33(41)36-29-7-5-6-27(22(29)2)31-37-30-28(16-17-34-30)32(38-31)35-25-12-14-26(15-13-25)40-20-18-39(3)19-21-40/h5-17H,4,18-21H2,1-3H3,(H,36,41)(H2,34,35,37,38). The van der Waals surface area contributed by atoms with E-state index in [4.69, 9.17) is 9.97 Å². The number of carbonyl (C=O) groups is 1. The van der Waals surface area contributed by atoms with Crippen LogP contribution in [0.25, 0.3) is 22.4 Å². The first kappa shape index (κ1) is 26.5. The van der Waals surface area contributed by atoms with Crippen molar-refractivity contribution in [3.05, 3.63) is 95.7 Å². The van der Waals surface area contributed by atoms with E-state index in [2.05, 4.69) is 63.7 Å². The summed E-state index contributed by atoms with van der Waals surface area (Å²) in [5, 5.41) is 7.49. The Balaban J connectivity index is 1.26. The Hall–Kier alpha value is -4.69. The molecule has 1 amide bonds. The molecule has 8 nitrogen and oxygen atoms in total. The Kier molecular flexibility index (Phi) is 7.39. The van der Waals surface area contributed by atoms with Crippen molar-refractivity contribution < 1.29 is 4.79 Å². The molecule has 208 valence electrons. The molecule has 1 aliphatic heterocycles. The molecule has 3 aromatic carbocycles. The summed E-state index contributed by atoms with van der Waals surface area (Å²) in [6.45, 7) is 8.30. The maximum Gasteiger partial charge on any atom is 0.255 e. The number of hydrogen-bond acceptors (Lipinski definition) is 6. The molecule has 1 aliphatic rings. The van der Waals surface area contributed by atoms with Crippen molar-refractivity contribution in [3.63, 3.8) is 0 Å². The zero-order chi connectivity index (χ0) is 28.3. The van der Waals surface area contributed by atoms with Crippen molar-refractivity contribution in [2.75, 3.05) is 48.8 Å². The van der Waals surface area contributed by atoms with Crippen LogP contribution in [0.1, 0.15) is 28.4 Å². The van der Waals surface area contributed by atoms with Crippen molar-refractivity contribution >= 4 is 39.8 Å². The molecule has 0 spiro atoms. The van der Waals surface area contributed by atoms with Crippen LogP contribution in [-0.2, 0) is 6.42 Å². The number of nitrogens with zero attached hydrogens (tertiary/aromatic N) is 4. The maximum absolute atomic E-state index is 13.0. The van der Waals surface area contributed by atoms with Gasteiger partial charge in [-0.25, -0.2) is 9.97 Å². The smallest absolute Gasteiger partial charge is 0.255 e. The minimum atomic E-state index is -0.143. The number of piperazine rings is 1. The second-order valence-corrected chi connectivity index (χ2v) is 10.6. The van der Waals surface area contributed by atoms with Crippen LogP contribution in [0.2, 0.25) is 0 Å². The highest BCUT2D eigenvalue weighted by Gasteiger charge is 2.17. The van der Waals surface area contributed by atoms with Gasteiger partial charge in [0.1, 0.15) is 11.5 Å². The largest absolute Gasteiger partial charge is 0.369 e. The Morgan fingerprint density at radius 1 is 0.927 bits per heavy atom. The average molecular weight is 546 g/mol. The van der Waals surface area contributed by atoms with Crippen molar-refractivity contribution in [2.24, 2.45) is 0 Å². The molecule has 3 N–H and O–H groups in total. The molecule has 0 aliphatic carbocycles. The fourth-order valence-corrected chi connectivity index (χ4v) is 5.21. The molecular formula is C33H35N7O. The number of carbonyl (C=O) groups excluding carboxylic acids is 1. The highest BCUT2D eigenvalue weighted by molar-refractivity contribution is 6.05. The first-order chi connectivity index (χ1) is 20.0. The topological polar surface area (TPSA) is 89.2 Å². The lowest BCUT2D eigenvalue weighted by Gasteiger charge is -2.34. The number of nitrogens with one attached hydrogen (secondary N) is 3. The van der Waals surface area contributed by atoms with E-state index in [-0.39, 0.29) is 5.91 Å². The number of benzene rings is 3. The van der Waals surface area contributed by atoms with Crippen LogP contribution < -0.4 is 15.5 Å². The van der Waals surface area contributed by atoms with Crippen LogP contribution in [0.5, 0.6) is 0 Å². The molecule has 1 saturated heterocycles. The molecule has 2 aromatic heterocycles. The second kappa shape index (κ2) is 11.4. The lowest BCUT2D eigenvalue weighted by Crippen LogP contribution is -2.44. The van der Waals surface area contributed by atoms with E-state index < -0.39 is 0 Å². The lowest BCUT2D eigenvalue weighted by molar-refractivity contribution is 0.102. The third-order valence-corrected chi connectivity index (χ3v) is 7.86. The minimum absolute atomic E-state index is 0.143. The van der Waals surface area contributed by atoms with Gasteiger partial charge in [0.25, 0.3) is 5.91 Å². The second-order valence-electron chi connectivity index (χ2n) is 10.6. The zero-order valence-electron chi connectivity index (χ0n) is 23.7. The number of aromatic amines is 1. The number of aromatic nitrogens is 3. The predicted octanol–water partition coefficient (Wildman–Crippen LogP) is 6.24. The summed E-state index contributed by atoms with van der Waals surface area (Å²) in [7, 11) is 2.17. The number of rotatable bonds is 7. The number of aryl methyl sites for hydroxylation is 1. The zero-order valence-corrected chi connectivity index (χ0v) is 23.7. The molecule has 41 heavy (non-hydrogen) atoms. The fraction of sp³-hybridized carbons (Fsp3) is 0.242. The highest BCUT2D eigenvalue weighted by atomic mass is 16.1. The van der Waals surface area contributed by atoms with E-state index in [1.54, 1.807) is 0 Å². The SMILES string of the molecule is CCc1ccc(C(=O)Nc2cccc(-c3nc(Nc4ccc(N5CCN(C)CC5)cc4)c4cc[nH]c4n3)c2C)cc1. The molecule has 0 atom stereocenters. The van der Waals surface area contributed by atoms with Crippen LogP contribution >= 0.6 is 0 Å². The van der Waals surface area contributed by atoms with Crippen molar-refractivity contribution in [1.29, 1.82) is 0 Å². The molecule has 8 heteroatoms. The van der Waals surface area contributed by atoms with E-state index in [0.717, 1.165) is 72.0 Å². The van der Waals surface area contributed by atoms with Crippen LogP contribution in [0.3, 0.4) is 0 Å². The van der Waals surface area contributed by atoms with E-state index >= 15 is 0 Å². The minimum Gasteiger partial charge on any atom is -0.369 e. The molecule has 0 unspecified atom stereocenters. The van der Waals surface area contributed by atoms with Crippen molar-refractivity contribution in [2.45, 2.75) is 20.3 Å². The summed E-state index contributed by atoms with van der Waals surface area (Å²) in [6.07, 6.45) is 2.81. The summed E-state index contributed by atoms with van der Waals surface area (Å²) in [4.78, 5) is 30.8. The van der Waals surface area contributed by atoms with Gasteiger partial charge < -0.3 is 25.4 Å². The normalized spacial score (nSPS) is 13.9. The first-order valence-electron chi connectivity index (χ1n) is 14.1. The molecule has 1 fully saturated rings. The van der Waals surface area contributed by atoms with E-state index in [1.165, 1.54) is 11.3 Å². The van der Waals surface area contributed by atoms with Gasteiger partial charge in [-0.15, -0.1) is 0 Å². The van der Waals surface area contributed by atoms with Gasteiger partial charge >= 0.3 is 0 Å². The van der Waals surface area contributed by atoms with Gasteiger partial charge in [0.15, 0.2) is 5.82 Å². The number of fused-ring (bicyclic) bond motifs is 1. The fourth-order valence-electron chi connectivity index (χ4n) is 5.21. The predicted molar refractivity (Wildman–Crippen MR) is 167 cm³/mol. The summed E-state index contributed by atoms with van der Waals surface area (Å²) < 4.78 is 0. The van der Waals surface area contributed by atoms with Gasteiger partial charge in [0.2, 0.25) is 0 Å². The van der Waals surface area contributed by atoms with Gasteiger partial charge in [-0.2, -0.15) is 0 Å². The number of anilines is 4. The van der Waals surface area contributed by atoms with E-state index in [0.29, 0.717) is 11.4 Å². The van der Waals surface area contributed by atoms with Gasteiger partial charge in [0.05, 0.1) is 5.39 Å². The summed E-state index contributed by atoms with van der Waals surface area (Å²) in [5.41, 5.74) is 7.26. The van der Waals surface area contributed by atoms with Crippen LogP contribution in [0, 0.1) is 6.92 Å². The summed E-state index contributed by atoms with van der Waals surface area (Å²) in [6, 6.07) is 24.0. The number of hydrogen-bond donors (Lipinski definition) is 3.